The molecule has 0 amide bonds. The second-order valence-electron chi connectivity index (χ2n) is 9.41. The largest absolute Gasteiger partial charge is 0.475 e. The predicted molar refractivity (Wildman–Crippen MR) is 149 cm³/mol. The Hall–Kier alpha value is -3.65. The fourth-order valence-corrected chi connectivity index (χ4v) is 5.23. The summed E-state index contributed by atoms with van der Waals surface area (Å²) in [6.07, 6.45) is -7.32. The van der Waals surface area contributed by atoms with E-state index in [0.29, 0.717) is 11.1 Å². The van der Waals surface area contributed by atoms with Crippen molar-refractivity contribution in [2.75, 3.05) is 20.3 Å². The van der Waals surface area contributed by atoms with Gasteiger partial charge in [0.25, 0.3) is 0 Å². The van der Waals surface area contributed by atoms with E-state index in [9.17, 15) is 23.7 Å². The van der Waals surface area contributed by atoms with Gasteiger partial charge in [0.1, 0.15) is 12.7 Å². The summed E-state index contributed by atoms with van der Waals surface area (Å²) >= 11 is 0. The fourth-order valence-electron chi connectivity index (χ4n) is 4.06. The van der Waals surface area contributed by atoms with Crippen LogP contribution in [0.2, 0.25) is 0 Å². The lowest BCUT2D eigenvalue weighted by Crippen LogP contribution is -2.63. The highest BCUT2D eigenvalue weighted by atomic mass is 31.2. The highest BCUT2D eigenvalue weighted by molar-refractivity contribution is 7.48. The Morgan fingerprint density at radius 2 is 1.18 bits per heavy atom. The van der Waals surface area contributed by atoms with Crippen molar-refractivity contribution in [1.82, 2.24) is 0 Å². The molecule has 1 fully saturated rings. The first-order valence-corrected chi connectivity index (χ1v) is 14.9. The first-order chi connectivity index (χ1) is 21.0. The lowest BCUT2D eigenvalue weighted by Gasteiger charge is -2.44. The molecule has 0 saturated carbocycles. The molecule has 2 aromatic carbocycles. The predicted octanol–water partition coefficient (Wildman–Crippen LogP) is 3.25. The number of rotatable bonds is 15. The maximum atomic E-state index is 13.9. The highest BCUT2D eigenvalue weighted by Crippen LogP contribution is 2.51. The Morgan fingerprint density at radius 1 is 0.705 bits per heavy atom. The standard InChI is InChI=1S/C29H35O14P/c1-19(30)40-26-24(43-29(36-18-25(33)35-4)28(42-21(3)32)27(26)41-20(2)31)17-39-44(34,37-15-22-11-7-5-8-12-22)38-16-23-13-9-6-10-14-23/h5-14,24,26-29H,15-18H2,1-4H3/t24?,26-,27+,28?,29+/m1/s1. The molecule has 0 aliphatic carbocycles. The summed E-state index contributed by atoms with van der Waals surface area (Å²) in [6, 6.07) is 17.7. The minimum atomic E-state index is -4.35. The van der Waals surface area contributed by atoms with Crippen molar-refractivity contribution in [2.24, 2.45) is 0 Å². The van der Waals surface area contributed by atoms with Crippen LogP contribution in [0.5, 0.6) is 0 Å². The van der Waals surface area contributed by atoms with Gasteiger partial charge < -0.3 is 28.4 Å². The van der Waals surface area contributed by atoms with Crippen molar-refractivity contribution < 1.29 is 65.7 Å². The van der Waals surface area contributed by atoms with E-state index < -0.39 is 75.6 Å². The molecular formula is C29H35O14P. The molecule has 2 unspecified atom stereocenters. The molecule has 5 atom stereocenters. The van der Waals surface area contributed by atoms with Crippen molar-refractivity contribution in [3.05, 3.63) is 71.8 Å². The van der Waals surface area contributed by atoms with Gasteiger partial charge in [-0.25, -0.2) is 9.36 Å². The van der Waals surface area contributed by atoms with E-state index in [-0.39, 0.29) is 13.2 Å². The van der Waals surface area contributed by atoms with Crippen LogP contribution < -0.4 is 0 Å². The van der Waals surface area contributed by atoms with Crippen molar-refractivity contribution in [3.63, 3.8) is 0 Å². The molecular weight excluding hydrogens is 603 g/mol. The summed E-state index contributed by atoms with van der Waals surface area (Å²) in [5, 5.41) is 0. The topological polar surface area (TPSA) is 168 Å². The number of methoxy groups -OCH3 is 1. The first-order valence-electron chi connectivity index (χ1n) is 13.5. The minimum Gasteiger partial charge on any atom is -0.467 e. The third kappa shape index (κ3) is 11.1. The van der Waals surface area contributed by atoms with Gasteiger partial charge in [0, 0.05) is 20.8 Å². The molecule has 1 aliphatic rings. The monoisotopic (exact) mass is 638 g/mol. The molecule has 0 aromatic heterocycles. The quantitative estimate of drug-likeness (QED) is 0.158. The van der Waals surface area contributed by atoms with Crippen molar-refractivity contribution in [2.45, 2.75) is 64.7 Å². The number of phosphoric ester groups is 1. The molecule has 0 radical (unpaired) electrons. The average molecular weight is 639 g/mol. The second-order valence-corrected chi connectivity index (χ2v) is 11.1. The summed E-state index contributed by atoms with van der Waals surface area (Å²) in [5.41, 5.74) is 1.36. The molecule has 0 N–H and O–H groups in total. The van der Waals surface area contributed by atoms with Gasteiger partial charge in [-0.1, -0.05) is 60.7 Å². The van der Waals surface area contributed by atoms with Gasteiger partial charge in [-0.15, -0.1) is 0 Å². The Bertz CT molecular complexity index is 1240. The van der Waals surface area contributed by atoms with Gasteiger partial charge in [-0.3, -0.25) is 28.0 Å². The third-order valence-electron chi connectivity index (χ3n) is 5.95. The molecule has 15 heteroatoms. The molecule has 1 saturated heterocycles. The van der Waals surface area contributed by atoms with E-state index in [1.165, 1.54) is 0 Å². The zero-order valence-corrected chi connectivity index (χ0v) is 25.5. The molecule has 0 spiro atoms. The molecule has 3 rings (SSSR count). The second kappa shape index (κ2) is 17.0. The smallest absolute Gasteiger partial charge is 0.467 e. The van der Waals surface area contributed by atoms with Crippen LogP contribution in [0.3, 0.4) is 0 Å². The van der Waals surface area contributed by atoms with Crippen molar-refractivity contribution >= 4 is 31.7 Å². The van der Waals surface area contributed by atoms with Crippen molar-refractivity contribution in [1.29, 1.82) is 0 Å². The zero-order chi connectivity index (χ0) is 32.1. The molecule has 14 nitrogen and oxygen atoms in total. The number of hydrogen-bond donors (Lipinski definition) is 0. The van der Waals surface area contributed by atoms with E-state index in [0.717, 1.165) is 27.9 Å². The van der Waals surface area contributed by atoms with E-state index in [2.05, 4.69) is 4.74 Å². The molecule has 1 aliphatic heterocycles. The number of carbonyl (C=O) groups is 4. The minimum absolute atomic E-state index is 0.138. The number of esters is 4. The van der Waals surface area contributed by atoms with Crippen LogP contribution in [-0.2, 0) is 78.9 Å². The van der Waals surface area contributed by atoms with Gasteiger partial charge in [0.15, 0.2) is 24.6 Å². The summed E-state index contributed by atoms with van der Waals surface area (Å²) in [5.74, 6) is -3.23. The van der Waals surface area contributed by atoms with E-state index in [4.69, 9.17) is 37.3 Å². The van der Waals surface area contributed by atoms with Crippen LogP contribution in [0.25, 0.3) is 0 Å². The van der Waals surface area contributed by atoms with Gasteiger partial charge in [-0.05, 0) is 11.1 Å². The lowest BCUT2D eigenvalue weighted by molar-refractivity contribution is -0.306. The SMILES string of the molecule is COC(=O)CO[C@H]1OC(COP(=O)(OCc2ccccc2)OCc2ccccc2)[C@@H](OC(C)=O)[C@H](OC(C)=O)C1OC(C)=O. The maximum Gasteiger partial charge on any atom is 0.475 e. The molecule has 2 aromatic rings. The lowest BCUT2D eigenvalue weighted by atomic mass is 9.98. The van der Waals surface area contributed by atoms with Crippen molar-refractivity contribution in [3.8, 4) is 0 Å². The Kier molecular flexibility index (Phi) is 13.5. The fraction of sp³-hybridized carbons (Fsp3) is 0.448. The number of benzene rings is 2. The summed E-state index contributed by atoms with van der Waals surface area (Å²) in [6.45, 7) is 1.74. The van der Waals surface area contributed by atoms with Crippen LogP contribution in [0.4, 0.5) is 0 Å². The van der Waals surface area contributed by atoms with Gasteiger partial charge >= 0.3 is 31.7 Å². The van der Waals surface area contributed by atoms with Crippen LogP contribution in [-0.4, -0.2) is 74.9 Å². The maximum absolute atomic E-state index is 13.9. The van der Waals surface area contributed by atoms with Gasteiger partial charge in [0.2, 0.25) is 0 Å². The average Bonchev–Trinajstić information content (AvgIpc) is 3.00. The van der Waals surface area contributed by atoms with E-state index in [1.54, 1.807) is 48.5 Å². The Balaban J connectivity index is 1.90. The van der Waals surface area contributed by atoms with Crippen LogP contribution in [0, 0.1) is 0 Å². The van der Waals surface area contributed by atoms with Crippen LogP contribution in [0.15, 0.2) is 60.7 Å². The number of carbonyl (C=O) groups excluding carboxylic acids is 4. The number of ether oxygens (including phenoxy) is 6. The molecule has 44 heavy (non-hydrogen) atoms. The van der Waals surface area contributed by atoms with E-state index >= 15 is 0 Å². The summed E-state index contributed by atoms with van der Waals surface area (Å²) in [4.78, 5) is 48.0. The molecule has 240 valence electrons. The number of phosphoric acid groups is 1. The molecule has 1 heterocycles. The first kappa shape index (κ1) is 34.8. The summed E-state index contributed by atoms with van der Waals surface area (Å²) in [7, 11) is -3.21. The Morgan fingerprint density at radius 3 is 1.66 bits per heavy atom. The normalized spacial score (nSPS) is 21.6. The van der Waals surface area contributed by atoms with Crippen LogP contribution in [0.1, 0.15) is 31.9 Å². The summed E-state index contributed by atoms with van der Waals surface area (Å²) < 4.78 is 62.9. The third-order valence-corrected chi connectivity index (χ3v) is 7.31. The van der Waals surface area contributed by atoms with E-state index in [1.807, 2.05) is 12.1 Å². The Labute approximate surface area is 254 Å². The van der Waals surface area contributed by atoms with Gasteiger partial charge in [-0.2, -0.15) is 0 Å². The zero-order valence-electron chi connectivity index (χ0n) is 24.7. The van der Waals surface area contributed by atoms with Crippen LogP contribution >= 0.6 is 7.82 Å². The molecule has 0 bridgehead atoms. The highest BCUT2D eigenvalue weighted by Gasteiger charge is 2.53. The van der Waals surface area contributed by atoms with Gasteiger partial charge in [0.05, 0.1) is 26.9 Å². The number of hydrogen-bond acceptors (Lipinski definition) is 14.